The van der Waals surface area contributed by atoms with Crippen LogP contribution in [0.4, 0.5) is 0 Å². The Balaban J connectivity index is 2.73. The lowest BCUT2D eigenvalue weighted by Gasteiger charge is -2.19. The summed E-state index contributed by atoms with van der Waals surface area (Å²) in [4.78, 5) is 10.8. The van der Waals surface area contributed by atoms with Crippen LogP contribution in [0.5, 0.6) is 0 Å². The fraction of sp³-hybridized carbons (Fsp3) is 0.857. The van der Waals surface area contributed by atoms with Crippen molar-refractivity contribution >= 4 is 27.9 Å². The quantitative estimate of drug-likeness (QED) is 0.703. The maximum absolute atomic E-state index is 11.6. The molecule has 0 aromatic carbocycles. The first-order valence-electron chi connectivity index (χ1n) is 4.56. The first-order valence-corrected chi connectivity index (χ1v) is 7.15. The van der Waals surface area contributed by atoms with Gasteiger partial charge >= 0.3 is 5.97 Å². The number of carbonyl (C=O) groups is 1. The van der Waals surface area contributed by atoms with E-state index in [2.05, 4.69) is 4.72 Å². The van der Waals surface area contributed by atoms with Crippen molar-refractivity contribution in [1.29, 1.82) is 0 Å². The molecule has 1 atom stereocenters. The van der Waals surface area contributed by atoms with Crippen LogP contribution in [-0.4, -0.2) is 48.0 Å². The Kier molecular flexibility index (Phi) is 4.38. The van der Waals surface area contributed by atoms with Gasteiger partial charge in [0.2, 0.25) is 0 Å². The number of nitrogens with zero attached hydrogens (tertiary/aromatic N) is 1. The first kappa shape index (κ1) is 12.8. The van der Waals surface area contributed by atoms with Crippen LogP contribution in [-0.2, 0) is 15.0 Å². The van der Waals surface area contributed by atoms with Crippen molar-refractivity contribution in [1.82, 2.24) is 9.03 Å². The Morgan fingerprint density at radius 1 is 1.67 bits per heavy atom. The van der Waals surface area contributed by atoms with Crippen molar-refractivity contribution in [3.63, 3.8) is 0 Å². The lowest BCUT2D eigenvalue weighted by Crippen LogP contribution is -2.47. The SMILES string of the molecule is CCCNS(=O)(=O)N1CSC[C@H]1C(=O)O. The topological polar surface area (TPSA) is 86.7 Å². The van der Waals surface area contributed by atoms with E-state index in [4.69, 9.17) is 5.11 Å². The van der Waals surface area contributed by atoms with Gasteiger partial charge in [0.1, 0.15) is 6.04 Å². The van der Waals surface area contributed by atoms with Crippen molar-refractivity contribution < 1.29 is 18.3 Å². The molecule has 15 heavy (non-hydrogen) atoms. The second-order valence-corrected chi connectivity index (χ2v) is 5.85. The summed E-state index contributed by atoms with van der Waals surface area (Å²) < 4.78 is 26.6. The van der Waals surface area contributed by atoms with E-state index in [0.717, 1.165) is 4.31 Å². The minimum Gasteiger partial charge on any atom is -0.480 e. The molecular formula is C7H14N2O4S2. The number of carboxylic acids is 1. The Morgan fingerprint density at radius 3 is 2.87 bits per heavy atom. The van der Waals surface area contributed by atoms with E-state index in [1.807, 2.05) is 6.92 Å². The van der Waals surface area contributed by atoms with Gasteiger partial charge < -0.3 is 5.11 Å². The Labute approximate surface area is 93.2 Å². The summed E-state index contributed by atoms with van der Waals surface area (Å²) in [5.74, 6) is -0.583. The molecule has 1 aliphatic heterocycles. The molecule has 0 amide bonds. The van der Waals surface area contributed by atoms with Crippen molar-refractivity contribution in [3.8, 4) is 0 Å². The summed E-state index contributed by atoms with van der Waals surface area (Å²) in [5, 5.41) is 8.83. The van der Waals surface area contributed by atoms with E-state index >= 15 is 0 Å². The van der Waals surface area contributed by atoms with Crippen LogP contribution in [0.1, 0.15) is 13.3 Å². The largest absolute Gasteiger partial charge is 0.480 e. The molecule has 1 aliphatic rings. The smallest absolute Gasteiger partial charge is 0.322 e. The molecule has 0 unspecified atom stereocenters. The number of nitrogens with one attached hydrogen (secondary N) is 1. The third kappa shape index (κ3) is 3.07. The van der Waals surface area contributed by atoms with Crippen LogP contribution in [0.3, 0.4) is 0 Å². The molecule has 6 nitrogen and oxygen atoms in total. The molecule has 0 aromatic heterocycles. The van der Waals surface area contributed by atoms with E-state index in [9.17, 15) is 13.2 Å². The fourth-order valence-corrected chi connectivity index (χ4v) is 4.18. The summed E-state index contributed by atoms with van der Waals surface area (Å²) in [6.07, 6.45) is 0.679. The standard InChI is InChI=1S/C7H14N2O4S2/c1-2-3-8-15(12,13)9-5-14-4-6(9)7(10)11/h6,8H,2-5H2,1H3,(H,10,11)/t6-/m0/s1. The van der Waals surface area contributed by atoms with Crippen molar-refractivity contribution in [2.24, 2.45) is 0 Å². The highest BCUT2D eigenvalue weighted by Crippen LogP contribution is 2.23. The molecule has 2 N–H and O–H groups in total. The molecule has 0 radical (unpaired) electrons. The highest BCUT2D eigenvalue weighted by atomic mass is 32.2. The van der Waals surface area contributed by atoms with Gasteiger partial charge in [0, 0.05) is 12.3 Å². The van der Waals surface area contributed by atoms with Crippen molar-refractivity contribution in [2.45, 2.75) is 19.4 Å². The molecule has 8 heteroatoms. The summed E-state index contributed by atoms with van der Waals surface area (Å²) >= 11 is 1.30. The third-order valence-corrected chi connectivity index (χ3v) is 4.72. The van der Waals surface area contributed by atoms with Crippen LogP contribution < -0.4 is 4.72 Å². The van der Waals surface area contributed by atoms with Crippen molar-refractivity contribution in [3.05, 3.63) is 0 Å². The normalized spacial score (nSPS) is 23.1. The van der Waals surface area contributed by atoms with Gasteiger partial charge in [-0.1, -0.05) is 6.92 Å². The molecule has 1 saturated heterocycles. The van der Waals surface area contributed by atoms with Crippen LogP contribution in [0, 0.1) is 0 Å². The second-order valence-electron chi connectivity index (χ2n) is 3.14. The number of hydrogen-bond acceptors (Lipinski definition) is 4. The maximum atomic E-state index is 11.6. The van der Waals surface area contributed by atoms with Crippen LogP contribution in [0.2, 0.25) is 0 Å². The average Bonchev–Trinajstić information content (AvgIpc) is 2.63. The summed E-state index contributed by atoms with van der Waals surface area (Å²) in [5.41, 5.74) is 0. The van der Waals surface area contributed by atoms with Crippen LogP contribution in [0.15, 0.2) is 0 Å². The molecule has 88 valence electrons. The zero-order valence-electron chi connectivity index (χ0n) is 8.34. The monoisotopic (exact) mass is 254 g/mol. The molecule has 0 spiro atoms. The van der Waals surface area contributed by atoms with E-state index in [0.29, 0.717) is 18.7 Å². The maximum Gasteiger partial charge on any atom is 0.322 e. The molecule has 0 bridgehead atoms. The van der Waals surface area contributed by atoms with Crippen LogP contribution >= 0.6 is 11.8 Å². The molecule has 1 rings (SSSR count). The summed E-state index contributed by atoms with van der Waals surface area (Å²) in [6, 6.07) is -0.940. The number of carboxylic acid groups (broad SMARTS) is 1. The Bertz CT molecular complexity index is 330. The number of hydrogen-bond donors (Lipinski definition) is 2. The van der Waals surface area contributed by atoms with Gasteiger partial charge in [0.05, 0.1) is 5.88 Å². The zero-order valence-corrected chi connectivity index (χ0v) is 9.97. The molecule has 0 aliphatic carbocycles. The lowest BCUT2D eigenvalue weighted by molar-refractivity contribution is -0.140. The van der Waals surface area contributed by atoms with Gasteiger partial charge in [0.25, 0.3) is 10.2 Å². The predicted octanol–water partition coefficient (Wildman–Crippen LogP) is -0.310. The van der Waals surface area contributed by atoms with Gasteiger partial charge in [-0.05, 0) is 6.42 Å². The third-order valence-electron chi connectivity index (χ3n) is 1.97. The minimum absolute atomic E-state index is 0.204. The average molecular weight is 254 g/mol. The van der Waals surface area contributed by atoms with Gasteiger partial charge in [-0.3, -0.25) is 4.79 Å². The number of rotatable bonds is 5. The Hall–Kier alpha value is -0.310. The lowest BCUT2D eigenvalue weighted by atomic mass is 10.4. The first-order chi connectivity index (χ1) is 6.99. The van der Waals surface area contributed by atoms with E-state index < -0.39 is 22.2 Å². The minimum atomic E-state index is -3.63. The highest BCUT2D eigenvalue weighted by molar-refractivity contribution is 8.00. The number of aliphatic carboxylic acids is 1. The summed E-state index contributed by atoms with van der Waals surface area (Å²) in [7, 11) is -3.63. The van der Waals surface area contributed by atoms with Gasteiger partial charge in [-0.15, -0.1) is 11.8 Å². The molecular weight excluding hydrogens is 240 g/mol. The summed E-state index contributed by atoms with van der Waals surface area (Å²) in [6.45, 7) is 2.17. The molecule has 0 saturated carbocycles. The van der Waals surface area contributed by atoms with Crippen LogP contribution in [0.25, 0.3) is 0 Å². The van der Waals surface area contributed by atoms with E-state index in [1.165, 1.54) is 11.8 Å². The number of thioether (sulfide) groups is 1. The molecule has 1 fully saturated rings. The fourth-order valence-electron chi connectivity index (χ4n) is 1.17. The van der Waals surface area contributed by atoms with E-state index in [1.54, 1.807) is 0 Å². The van der Waals surface area contributed by atoms with Gasteiger partial charge in [-0.25, -0.2) is 4.72 Å². The van der Waals surface area contributed by atoms with Gasteiger partial charge in [0.15, 0.2) is 0 Å². The van der Waals surface area contributed by atoms with Gasteiger partial charge in [-0.2, -0.15) is 12.7 Å². The molecule has 1 heterocycles. The van der Waals surface area contributed by atoms with E-state index in [-0.39, 0.29) is 5.88 Å². The van der Waals surface area contributed by atoms with Crippen molar-refractivity contribution in [2.75, 3.05) is 18.2 Å². The highest BCUT2D eigenvalue weighted by Gasteiger charge is 2.38. The molecule has 0 aromatic rings. The second kappa shape index (κ2) is 5.15. The predicted molar refractivity (Wildman–Crippen MR) is 57.8 cm³/mol. The Morgan fingerprint density at radius 2 is 2.33 bits per heavy atom. The zero-order chi connectivity index (χ0) is 11.5.